The molecule has 2 aromatic carbocycles. The number of aromatic hydroxyl groups is 1. The lowest BCUT2D eigenvalue weighted by Crippen LogP contribution is -2.58. The number of ketones is 2. The lowest BCUT2D eigenvalue weighted by Gasteiger charge is -2.46. The van der Waals surface area contributed by atoms with E-state index in [2.05, 4.69) is 0 Å². The predicted octanol–water partition coefficient (Wildman–Crippen LogP) is 3.87. The predicted molar refractivity (Wildman–Crippen MR) is 136 cm³/mol. The molecule has 1 fully saturated rings. The van der Waals surface area contributed by atoms with Gasteiger partial charge in [-0.25, -0.2) is 0 Å². The third kappa shape index (κ3) is 3.50. The Morgan fingerprint density at radius 2 is 1.76 bits per heavy atom. The van der Waals surface area contributed by atoms with E-state index in [0.717, 1.165) is 5.56 Å². The fourth-order valence-corrected chi connectivity index (χ4v) is 6.21. The Bertz CT molecular complexity index is 1450. The Hall–Kier alpha value is -3.62. The Labute approximate surface area is 217 Å². The minimum Gasteiger partial charge on any atom is -0.508 e. The summed E-state index contributed by atoms with van der Waals surface area (Å²) >= 11 is 6.03. The Morgan fingerprint density at radius 1 is 1.11 bits per heavy atom. The van der Waals surface area contributed by atoms with E-state index >= 15 is 0 Å². The minimum absolute atomic E-state index is 0.00679. The number of fused-ring (bicyclic) bond motifs is 3. The van der Waals surface area contributed by atoms with Crippen molar-refractivity contribution in [2.24, 2.45) is 17.6 Å². The van der Waals surface area contributed by atoms with Gasteiger partial charge in [0.2, 0.25) is 5.78 Å². The van der Waals surface area contributed by atoms with Crippen molar-refractivity contribution in [1.82, 2.24) is 0 Å². The molecule has 5 rings (SSSR count). The number of amides is 1. The number of hydrogen-bond donors (Lipinski definition) is 5. The first-order chi connectivity index (χ1) is 17.4. The molecule has 0 unspecified atom stereocenters. The van der Waals surface area contributed by atoms with Crippen LogP contribution in [0.4, 0.5) is 0 Å². The topological polar surface area (TPSA) is 158 Å². The smallest absolute Gasteiger partial charge is 0.255 e. The van der Waals surface area contributed by atoms with E-state index in [-0.39, 0.29) is 42.1 Å². The number of aliphatic hydroxyl groups excluding tert-OH is 2. The van der Waals surface area contributed by atoms with Crippen LogP contribution in [0.5, 0.6) is 5.75 Å². The summed E-state index contributed by atoms with van der Waals surface area (Å²) in [7, 11) is 0. The Kier molecular flexibility index (Phi) is 5.73. The number of carbonyl (C=O) groups excluding carboxylic acids is 3. The van der Waals surface area contributed by atoms with Gasteiger partial charge in [-0.3, -0.25) is 14.4 Å². The molecule has 3 atom stereocenters. The molecule has 0 heterocycles. The fraction of sp³-hybridized carbons (Fsp3) is 0.321. The number of halogens is 1. The van der Waals surface area contributed by atoms with Crippen LogP contribution in [0, 0.1) is 11.8 Å². The first-order valence-electron chi connectivity index (χ1n) is 12.0. The zero-order valence-electron chi connectivity index (χ0n) is 20.2. The summed E-state index contributed by atoms with van der Waals surface area (Å²) in [6, 6.07) is 8.68. The van der Waals surface area contributed by atoms with E-state index in [1.807, 2.05) is 19.9 Å². The molecule has 0 aromatic heterocycles. The van der Waals surface area contributed by atoms with Gasteiger partial charge in [-0.15, -0.1) is 0 Å². The number of Topliss-reactive ketones (excluding diaryl/α,β-unsaturated/α-hetero) is 2. The fourth-order valence-electron chi connectivity index (χ4n) is 6.08. The van der Waals surface area contributed by atoms with Crippen molar-refractivity contribution in [3.8, 4) is 16.9 Å². The van der Waals surface area contributed by atoms with Gasteiger partial charge in [0.05, 0.1) is 5.56 Å². The first-order valence-corrected chi connectivity index (χ1v) is 12.4. The largest absolute Gasteiger partial charge is 0.508 e. The normalized spacial score (nSPS) is 25.2. The lowest BCUT2D eigenvalue weighted by molar-refractivity contribution is -0.147. The standard InChI is InChI=1S/C28H26ClNO7/c1-11(2)16-10-17(12-3-5-15(29)6-4-12)23(32)21-18(16)8-13-7-14-9-19(31)22(27(30)36)26(35)28(14,37)25(34)20(13)24(21)33/h3-6,10-11,13-14,32-33,35,37H,7-9H2,1-2H3,(H2,30,36)/t13-,14+,28+/m1/s1. The summed E-state index contributed by atoms with van der Waals surface area (Å²) in [6.45, 7) is 3.96. The highest BCUT2D eigenvalue weighted by Crippen LogP contribution is 2.54. The van der Waals surface area contributed by atoms with Gasteiger partial charge in [-0.05, 0) is 59.6 Å². The summed E-state index contributed by atoms with van der Waals surface area (Å²) in [4.78, 5) is 38.0. The summed E-state index contributed by atoms with van der Waals surface area (Å²) in [5, 5.41) is 45.4. The number of carbonyl (C=O) groups is 3. The highest BCUT2D eigenvalue weighted by atomic mass is 35.5. The van der Waals surface area contributed by atoms with Gasteiger partial charge in [-0.1, -0.05) is 37.6 Å². The second-order valence-corrected chi connectivity index (χ2v) is 10.7. The van der Waals surface area contributed by atoms with E-state index in [9.17, 15) is 34.8 Å². The molecule has 0 spiro atoms. The van der Waals surface area contributed by atoms with Crippen molar-refractivity contribution < 1.29 is 34.8 Å². The van der Waals surface area contributed by atoms with Crippen molar-refractivity contribution in [2.75, 3.05) is 0 Å². The van der Waals surface area contributed by atoms with Crippen LogP contribution in [0.1, 0.15) is 49.3 Å². The van der Waals surface area contributed by atoms with Crippen molar-refractivity contribution >= 4 is 34.8 Å². The summed E-state index contributed by atoms with van der Waals surface area (Å²) in [5.74, 6) is -6.38. The van der Waals surface area contributed by atoms with Gasteiger partial charge in [0.15, 0.2) is 11.4 Å². The third-order valence-electron chi connectivity index (χ3n) is 7.88. The van der Waals surface area contributed by atoms with E-state index < -0.39 is 52.0 Å². The monoisotopic (exact) mass is 523 g/mol. The third-order valence-corrected chi connectivity index (χ3v) is 8.13. The average molecular weight is 524 g/mol. The molecule has 1 saturated carbocycles. The van der Waals surface area contributed by atoms with Gasteiger partial charge in [0, 0.05) is 28.5 Å². The molecule has 37 heavy (non-hydrogen) atoms. The maximum Gasteiger partial charge on any atom is 0.255 e. The van der Waals surface area contributed by atoms with Gasteiger partial charge >= 0.3 is 0 Å². The van der Waals surface area contributed by atoms with E-state index in [1.54, 1.807) is 24.3 Å². The van der Waals surface area contributed by atoms with E-state index in [0.29, 0.717) is 21.7 Å². The number of nitrogens with two attached hydrogens (primary N) is 1. The molecule has 0 saturated heterocycles. The molecule has 192 valence electrons. The van der Waals surface area contributed by atoms with E-state index in [1.165, 1.54) is 0 Å². The van der Waals surface area contributed by atoms with Crippen LogP contribution in [0.15, 0.2) is 47.2 Å². The molecule has 8 nitrogen and oxygen atoms in total. The quantitative estimate of drug-likeness (QED) is 0.382. The molecular formula is C28H26ClNO7. The van der Waals surface area contributed by atoms with Crippen LogP contribution in [-0.2, 0) is 20.8 Å². The van der Waals surface area contributed by atoms with Crippen molar-refractivity contribution in [2.45, 2.75) is 44.6 Å². The zero-order chi connectivity index (χ0) is 27.0. The second-order valence-electron chi connectivity index (χ2n) is 10.3. The number of primary amides is 1. The molecule has 6 N–H and O–H groups in total. The molecule has 0 aliphatic heterocycles. The molecule has 3 aliphatic carbocycles. The molecule has 0 radical (unpaired) electrons. The lowest BCUT2D eigenvalue weighted by atomic mass is 9.59. The second kappa shape index (κ2) is 8.46. The van der Waals surface area contributed by atoms with Gasteiger partial charge in [-0.2, -0.15) is 0 Å². The number of benzene rings is 2. The van der Waals surface area contributed by atoms with E-state index in [4.69, 9.17) is 17.3 Å². The van der Waals surface area contributed by atoms with Crippen LogP contribution in [0.2, 0.25) is 5.02 Å². The minimum atomic E-state index is -2.58. The van der Waals surface area contributed by atoms with Crippen molar-refractivity contribution in [3.63, 3.8) is 0 Å². The van der Waals surface area contributed by atoms with Crippen LogP contribution in [0.3, 0.4) is 0 Å². The first kappa shape index (κ1) is 25.0. The maximum atomic E-state index is 13.7. The van der Waals surface area contributed by atoms with Gasteiger partial charge in [0.1, 0.15) is 22.8 Å². The highest BCUT2D eigenvalue weighted by Gasteiger charge is 2.60. The average Bonchev–Trinajstić information content (AvgIpc) is 2.82. The van der Waals surface area contributed by atoms with Gasteiger partial charge < -0.3 is 26.2 Å². The molecule has 3 aliphatic rings. The molecular weight excluding hydrogens is 498 g/mol. The van der Waals surface area contributed by atoms with Crippen LogP contribution in [0.25, 0.3) is 16.9 Å². The maximum absolute atomic E-state index is 13.7. The summed E-state index contributed by atoms with van der Waals surface area (Å²) in [5.41, 5.74) is 4.41. The number of hydrogen-bond acceptors (Lipinski definition) is 7. The Morgan fingerprint density at radius 3 is 2.35 bits per heavy atom. The number of phenols is 1. The molecule has 9 heteroatoms. The summed E-state index contributed by atoms with van der Waals surface area (Å²) in [6.07, 6.45) is 0.0241. The number of aliphatic hydroxyl groups is 3. The van der Waals surface area contributed by atoms with Crippen LogP contribution < -0.4 is 5.73 Å². The SMILES string of the molecule is CC(C)c1cc(-c2ccc(Cl)cc2)c(O)c2c1C[C@H]1C[C@H]3CC(=O)C(C(N)=O)=C(O)[C@@]3(O)C(=O)C1=C2O. The van der Waals surface area contributed by atoms with Crippen molar-refractivity contribution in [1.29, 1.82) is 0 Å². The molecule has 1 amide bonds. The summed E-state index contributed by atoms with van der Waals surface area (Å²) < 4.78 is 0. The van der Waals surface area contributed by atoms with Crippen LogP contribution >= 0.6 is 11.6 Å². The van der Waals surface area contributed by atoms with Crippen LogP contribution in [-0.4, -0.2) is 43.5 Å². The number of phenolic OH excluding ortho intramolecular Hbond substituents is 1. The zero-order valence-corrected chi connectivity index (χ0v) is 21.0. The number of rotatable bonds is 3. The van der Waals surface area contributed by atoms with Gasteiger partial charge in [0.25, 0.3) is 5.91 Å². The molecule has 0 bridgehead atoms. The Balaban J connectivity index is 1.75. The molecule has 2 aromatic rings. The highest BCUT2D eigenvalue weighted by molar-refractivity contribution is 6.30. The van der Waals surface area contributed by atoms with Crippen molar-refractivity contribution in [3.05, 3.63) is 69.0 Å².